The molecule has 3 unspecified atom stereocenters. The van der Waals surface area contributed by atoms with Gasteiger partial charge in [-0.05, 0) is 30.9 Å². The van der Waals surface area contributed by atoms with E-state index in [4.69, 9.17) is 0 Å². The monoisotopic (exact) mass is 328 g/mol. The second-order valence-electron chi connectivity index (χ2n) is 6.38. The highest BCUT2D eigenvalue weighted by molar-refractivity contribution is 7.99. The molecule has 2 fully saturated rings. The molecule has 1 amide bonds. The van der Waals surface area contributed by atoms with Gasteiger partial charge in [-0.2, -0.15) is 5.10 Å². The minimum absolute atomic E-state index is 0.114. The number of rotatable bonds is 5. The lowest BCUT2D eigenvalue weighted by Crippen LogP contribution is -2.30. The van der Waals surface area contributed by atoms with Gasteiger partial charge < -0.3 is 4.90 Å². The number of benzene rings is 1. The quantitative estimate of drug-likeness (QED) is 0.857. The topological polar surface area (TPSA) is 61.9 Å². The first-order valence-electron chi connectivity index (χ1n) is 8.13. The number of H-pyrrole nitrogens is 1. The van der Waals surface area contributed by atoms with Gasteiger partial charge in [-0.15, -0.1) is 11.8 Å². The van der Waals surface area contributed by atoms with Crippen molar-refractivity contribution in [2.24, 2.45) is 11.8 Å². The summed E-state index contributed by atoms with van der Waals surface area (Å²) in [6, 6.07) is 10.5. The Kier molecular flexibility index (Phi) is 4.08. The lowest BCUT2D eigenvalue weighted by molar-refractivity contribution is -0.131. The van der Waals surface area contributed by atoms with E-state index in [9.17, 15) is 4.79 Å². The van der Waals surface area contributed by atoms with Crippen molar-refractivity contribution in [1.82, 2.24) is 20.1 Å². The van der Waals surface area contributed by atoms with Gasteiger partial charge in [0, 0.05) is 35.6 Å². The van der Waals surface area contributed by atoms with E-state index < -0.39 is 0 Å². The van der Waals surface area contributed by atoms with Crippen LogP contribution in [-0.4, -0.2) is 44.8 Å². The third-order valence-corrected chi connectivity index (χ3v) is 5.96. The van der Waals surface area contributed by atoms with E-state index in [1.165, 1.54) is 11.2 Å². The van der Waals surface area contributed by atoms with Gasteiger partial charge in [0.2, 0.25) is 5.91 Å². The van der Waals surface area contributed by atoms with Gasteiger partial charge in [0.15, 0.2) is 0 Å². The van der Waals surface area contributed by atoms with Crippen molar-refractivity contribution in [3.8, 4) is 0 Å². The molecule has 6 heteroatoms. The number of likely N-dealkylation sites (tertiary alicyclic amines) is 1. The summed E-state index contributed by atoms with van der Waals surface area (Å²) in [6.45, 7) is 1.80. The number of thioether (sulfide) groups is 1. The van der Waals surface area contributed by atoms with Crippen molar-refractivity contribution in [3.05, 3.63) is 42.5 Å². The molecule has 1 N–H and O–H groups in total. The highest BCUT2D eigenvalue weighted by Crippen LogP contribution is 2.47. The molecule has 4 rings (SSSR count). The molecule has 1 saturated carbocycles. The highest BCUT2D eigenvalue weighted by Gasteiger charge is 2.48. The first kappa shape index (κ1) is 14.8. The Bertz CT molecular complexity index is 660. The number of nitrogens with zero attached hydrogens (tertiary/aromatic N) is 3. The van der Waals surface area contributed by atoms with Crippen LogP contribution in [-0.2, 0) is 4.79 Å². The molecular weight excluding hydrogens is 308 g/mol. The zero-order chi connectivity index (χ0) is 15.6. The summed E-state index contributed by atoms with van der Waals surface area (Å²) in [6.07, 6.45) is 3.54. The molecule has 23 heavy (non-hydrogen) atoms. The van der Waals surface area contributed by atoms with Crippen LogP contribution in [0.4, 0.5) is 0 Å². The van der Waals surface area contributed by atoms with E-state index in [0.29, 0.717) is 11.8 Å². The zero-order valence-corrected chi connectivity index (χ0v) is 13.7. The Labute approximate surface area is 139 Å². The van der Waals surface area contributed by atoms with Crippen molar-refractivity contribution >= 4 is 17.7 Å². The molecule has 1 aliphatic carbocycles. The maximum Gasteiger partial charge on any atom is 0.226 e. The molecule has 1 aromatic heterocycles. The van der Waals surface area contributed by atoms with Gasteiger partial charge in [-0.25, -0.2) is 4.98 Å². The molecule has 1 saturated heterocycles. The lowest BCUT2D eigenvalue weighted by Gasteiger charge is -2.16. The van der Waals surface area contributed by atoms with E-state index in [0.717, 1.165) is 37.5 Å². The maximum atomic E-state index is 12.6. The number of amides is 1. The van der Waals surface area contributed by atoms with Crippen LogP contribution in [0.25, 0.3) is 0 Å². The molecule has 0 radical (unpaired) electrons. The SMILES string of the molecule is O=C(C1CC1c1ncn[nH]1)N1CCC(CSc2ccccc2)C1. The Balaban J connectivity index is 1.26. The molecule has 0 bridgehead atoms. The first-order valence-corrected chi connectivity index (χ1v) is 9.11. The van der Waals surface area contributed by atoms with Gasteiger partial charge in [0.25, 0.3) is 0 Å². The van der Waals surface area contributed by atoms with Crippen LogP contribution < -0.4 is 0 Å². The lowest BCUT2D eigenvalue weighted by atomic mass is 10.2. The molecule has 2 heterocycles. The fraction of sp³-hybridized carbons (Fsp3) is 0.471. The summed E-state index contributed by atoms with van der Waals surface area (Å²) in [5.74, 6) is 3.22. The van der Waals surface area contributed by atoms with Gasteiger partial charge in [-0.1, -0.05) is 18.2 Å². The van der Waals surface area contributed by atoms with Gasteiger partial charge in [0.05, 0.1) is 0 Å². The third kappa shape index (κ3) is 3.27. The number of hydrogen-bond donors (Lipinski definition) is 1. The number of carbonyl (C=O) groups excluding carboxylic acids is 1. The summed E-state index contributed by atoms with van der Waals surface area (Å²) < 4.78 is 0. The van der Waals surface area contributed by atoms with Gasteiger partial charge >= 0.3 is 0 Å². The second kappa shape index (κ2) is 6.35. The van der Waals surface area contributed by atoms with Crippen LogP contribution in [0.3, 0.4) is 0 Å². The van der Waals surface area contributed by atoms with Crippen LogP contribution in [0.5, 0.6) is 0 Å². The van der Waals surface area contributed by atoms with Crippen molar-refractivity contribution in [1.29, 1.82) is 0 Å². The largest absolute Gasteiger partial charge is 0.342 e. The number of aromatic nitrogens is 3. The number of aromatic amines is 1. The minimum Gasteiger partial charge on any atom is -0.342 e. The van der Waals surface area contributed by atoms with E-state index in [-0.39, 0.29) is 11.8 Å². The van der Waals surface area contributed by atoms with Crippen molar-refractivity contribution in [3.63, 3.8) is 0 Å². The number of nitrogens with one attached hydrogen (secondary N) is 1. The molecule has 2 aliphatic rings. The van der Waals surface area contributed by atoms with E-state index in [1.54, 1.807) is 0 Å². The summed E-state index contributed by atoms with van der Waals surface area (Å²) in [7, 11) is 0. The zero-order valence-electron chi connectivity index (χ0n) is 12.9. The Hall–Kier alpha value is -1.82. The summed E-state index contributed by atoms with van der Waals surface area (Å²) in [5.41, 5.74) is 0. The van der Waals surface area contributed by atoms with E-state index in [2.05, 4.69) is 44.3 Å². The average Bonchev–Trinajstić information content (AvgIpc) is 3.02. The molecule has 0 spiro atoms. The van der Waals surface area contributed by atoms with Crippen LogP contribution >= 0.6 is 11.8 Å². The molecule has 1 aliphatic heterocycles. The van der Waals surface area contributed by atoms with Crippen LogP contribution in [0.2, 0.25) is 0 Å². The third-order valence-electron chi connectivity index (χ3n) is 4.72. The minimum atomic E-state index is 0.114. The van der Waals surface area contributed by atoms with Gasteiger partial charge in [0.1, 0.15) is 12.2 Å². The summed E-state index contributed by atoms with van der Waals surface area (Å²) in [4.78, 5) is 20.1. The van der Waals surface area contributed by atoms with Crippen LogP contribution in [0.15, 0.2) is 41.6 Å². The van der Waals surface area contributed by atoms with Crippen molar-refractivity contribution in [2.75, 3.05) is 18.8 Å². The smallest absolute Gasteiger partial charge is 0.226 e. The number of carbonyl (C=O) groups is 1. The molecular formula is C17H20N4OS. The average molecular weight is 328 g/mol. The predicted octanol–water partition coefficient (Wildman–Crippen LogP) is 2.55. The standard InChI is InChI=1S/C17H20N4OS/c22-17(15-8-14(15)16-18-11-19-20-16)21-7-6-12(9-21)10-23-13-4-2-1-3-5-13/h1-5,11-12,14-15H,6-10H2,(H,18,19,20). The maximum absolute atomic E-state index is 12.6. The Morgan fingerprint density at radius 2 is 2.22 bits per heavy atom. The van der Waals surface area contributed by atoms with Gasteiger partial charge in [-0.3, -0.25) is 9.89 Å². The molecule has 3 atom stereocenters. The fourth-order valence-corrected chi connectivity index (χ4v) is 4.35. The molecule has 1 aromatic carbocycles. The number of hydrogen-bond acceptors (Lipinski definition) is 4. The fourth-order valence-electron chi connectivity index (χ4n) is 3.30. The molecule has 120 valence electrons. The predicted molar refractivity (Wildman–Crippen MR) is 89.1 cm³/mol. The Morgan fingerprint density at radius 3 is 3.00 bits per heavy atom. The van der Waals surface area contributed by atoms with Crippen LogP contribution in [0.1, 0.15) is 24.6 Å². The van der Waals surface area contributed by atoms with E-state index in [1.807, 2.05) is 17.8 Å². The van der Waals surface area contributed by atoms with Crippen molar-refractivity contribution in [2.45, 2.75) is 23.7 Å². The van der Waals surface area contributed by atoms with E-state index >= 15 is 0 Å². The van der Waals surface area contributed by atoms with Crippen molar-refractivity contribution < 1.29 is 4.79 Å². The van der Waals surface area contributed by atoms with Crippen LogP contribution in [0, 0.1) is 11.8 Å². The molecule has 2 aromatic rings. The second-order valence-corrected chi connectivity index (χ2v) is 7.48. The first-order chi connectivity index (χ1) is 11.3. The highest BCUT2D eigenvalue weighted by atomic mass is 32.2. The normalized spacial score (nSPS) is 26.4. The Morgan fingerprint density at radius 1 is 1.35 bits per heavy atom. The summed E-state index contributed by atoms with van der Waals surface area (Å²) in [5, 5.41) is 6.76. The molecule has 5 nitrogen and oxygen atoms in total. The summed E-state index contributed by atoms with van der Waals surface area (Å²) >= 11 is 1.89.